The van der Waals surface area contributed by atoms with E-state index >= 15 is 0 Å². The third kappa shape index (κ3) is 3.94. The van der Waals surface area contributed by atoms with Gasteiger partial charge in [0.05, 0.1) is 12.6 Å². The number of aliphatic imine (C=N–C) groups is 1. The van der Waals surface area contributed by atoms with Gasteiger partial charge in [-0.15, -0.1) is 0 Å². The summed E-state index contributed by atoms with van der Waals surface area (Å²) in [6.45, 7) is 8.53. The Morgan fingerprint density at radius 1 is 1.23 bits per heavy atom. The molecule has 2 atom stereocenters. The van der Waals surface area contributed by atoms with Crippen LogP contribution in [0.4, 0.5) is 0 Å². The van der Waals surface area contributed by atoms with Crippen LogP contribution in [0.1, 0.15) is 44.9 Å². The molecule has 31 heavy (non-hydrogen) atoms. The molecule has 4 rings (SSSR count). The molecule has 4 nitrogen and oxygen atoms in total. The minimum absolute atomic E-state index is 0.113. The minimum Gasteiger partial charge on any atom is -0.462 e. The molecule has 7 heteroatoms. The molecule has 2 aliphatic rings. The summed E-state index contributed by atoms with van der Waals surface area (Å²) in [4.78, 5) is 20.8. The van der Waals surface area contributed by atoms with E-state index in [0.717, 1.165) is 26.5 Å². The highest BCUT2D eigenvalue weighted by Crippen LogP contribution is 2.56. The zero-order chi connectivity index (χ0) is 22.3. The lowest BCUT2D eigenvalue weighted by atomic mass is 9.81. The SMILES string of the molecule is CCOC(=O)C1=C(C(C)C)N2C(=NC(C)(c3ccc(Br)cc3)C2c2ccc(Cl)cc2)S1. The number of nitrogens with zero attached hydrogens (tertiary/aromatic N) is 2. The number of amidine groups is 1. The summed E-state index contributed by atoms with van der Waals surface area (Å²) in [5.74, 6) is -0.157. The summed E-state index contributed by atoms with van der Waals surface area (Å²) in [5.41, 5.74) is 2.64. The molecule has 0 aromatic heterocycles. The number of carbonyl (C=O) groups is 1. The molecular weight excluding hydrogens is 496 g/mol. The zero-order valence-corrected chi connectivity index (χ0v) is 21.0. The van der Waals surface area contributed by atoms with Gasteiger partial charge in [0, 0.05) is 15.2 Å². The predicted molar refractivity (Wildman–Crippen MR) is 131 cm³/mol. The van der Waals surface area contributed by atoms with Crippen LogP contribution in [0.2, 0.25) is 5.02 Å². The predicted octanol–water partition coefficient (Wildman–Crippen LogP) is 6.91. The van der Waals surface area contributed by atoms with Crippen molar-refractivity contribution in [1.29, 1.82) is 0 Å². The maximum absolute atomic E-state index is 12.7. The standard InChI is InChI=1S/C24H24BrClN2O2S/c1-5-30-22(29)20-19(14(2)3)28-21(15-6-12-18(26)13-7-15)24(4,27-23(28)31-20)16-8-10-17(25)11-9-16/h6-14,21H,5H2,1-4H3. The summed E-state index contributed by atoms with van der Waals surface area (Å²) in [6.07, 6.45) is 0. The number of hydrogen-bond acceptors (Lipinski definition) is 5. The molecule has 162 valence electrons. The summed E-state index contributed by atoms with van der Waals surface area (Å²) in [6, 6.07) is 16.1. The lowest BCUT2D eigenvalue weighted by Crippen LogP contribution is -2.36. The Balaban J connectivity index is 1.89. The van der Waals surface area contributed by atoms with Gasteiger partial charge in [-0.3, -0.25) is 0 Å². The molecule has 0 amide bonds. The molecular formula is C24H24BrClN2O2S. The second kappa shape index (κ2) is 8.64. The van der Waals surface area contributed by atoms with Crippen LogP contribution in [-0.4, -0.2) is 22.6 Å². The van der Waals surface area contributed by atoms with Crippen LogP contribution < -0.4 is 0 Å². The van der Waals surface area contributed by atoms with Crippen LogP contribution in [-0.2, 0) is 15.1 Å². The minimum atomic E-state index is -0.531. The van der Waals surface area contributed by atoms with E-state index in [-0.39, 0.29) is 17.9 Å². The van der Waals surface area contributed by atoms with Gasteiger partial charge in [0.15, 0.2) is 5.17 Å². The van der Waals surface area contributed by atoms with Crippen molar-refractivity contribution in [1.82, 2.24) is 4.90 Å². The van der Waals surface area contributed by atoms with Crippen molar-refractivity contribution in [3.63, 3.8) is 0 Å². The Morgan fingerprint density at radius 3 is 2.45 bits per heavy atom. The highest BCUT2D eigenvalue weighted by Gasteiger charge is 2.53. The maximum atomic E-state index is 12.7. The zero-order valence-electron chi connectivity index (χ0n) is 17.9. The lowest BCUT2D eigenvalue weighted by Gasteiger charge is -2.37. The summed E-state index contributed by atoms with van der Waals surface area (Å²) in [7, 11) is 0. The fraction of sp³-hybridized carbons (Fsp3) is 0.333. The topological polar surface area (TPSA) is 41.9 Å². The van der Waals surface area contributed by atoms with Crippen LogP contribution in [0.5, 0.6) is 0 Å². The molecule has 2 aromatic rings. The Hall–Kier alpha value is -1.76. The van der Waals surface area contributed by atoms with Crippen molar-refractivity contribution in [3.05, 3.63) is 79.8 Å². The normalized spacial score (nSPS) is 22.7. The van der Waals surface area contributed by atoms with Crippen LogP contribution in [0.15, 0.2) is 68.6 Å². The first-order valence-corrected chi connectivity index (χ1v) is 12.2. The van der Waals surface area contributed by atoms with Gasteiger partial charge in [0.25, 0.3) is 0 Å². The van der Waals surface area contributed by atoms with Gasteiger partial charge in [0.1, 0.15) is 10.4 Å². The monoisotopic (exact) mass is 518 g/mol. The molecule has 0 fully saturated rings. The Morgan fingerprint density at radius 2 is 1.87 bits per heavy atom. The average molecular weight is 520 g/mol. The van der Waals surface area contributed by atoms with Crippen molar-refractivity contribution < 1.29 is 9.53 Å². The number of rotatable bonds is 5. The van der Waals surface area contributed by atoms with E-state index < -0.39 is 5.54 Å². The first kappa shape index (κ1) is 22.4. The number of hydrogen-bond donors (Lipinski definition) is 0. The third-order valence-electron chi connectivity index (χ3n) is 5.63. The first-order valence-electron chi connectivity index (χ1n) is 10.3. The summed E-state index contributed by atoms with van der Waals surface area (Å²) >= 11 is 11.1. The van der Waals surface area contributed by atoms with Crippen molar-refractivity contribution in [2.45, 2.75) is 39.3 Å². The van der Waals surface area contributed by atoms with Crippen LogP contribution in [0.3, 0.4) is 0 Å². The van der Waals surface area contributed by atoms with Crippen molar-refractivity contribution in [2.75, 3.05) is 6.61 Å². The fourth-order valence-corrected chi connectivity index (χ4v) is 5.95. The fourth-order valence-electron chi connectivity index (χ4n) is 4.25. The number of ether oxygens (including phenoxy) is 1. The first-order chi connectivity index (χ1) is 14.8. The Labute approximate surface area is 200 Å². The van der Waals surface area contributed by atoms with Gasteiger partial charge in [-0.2, -0.15) is 0 Å². The summed E-state index contributed by atoms with van der Waals surface area (Å²) in [5, 5.41) is 1.52. The molecule has 0 saturated carbocycles. The number of thioether (sulfide) groups is 1. The van der Waals surface area contributed by atoms with Gasteiger partial charge in [-0.1, -0.05) is 65.6 Å². The van der Waals surface area contributed by atoms with Crippen LogP contribution in [0, 0.1) is 5.92 Å². The molecule has 0 radical (unpaired) electrons. The van der Waals surface area contributed by atoms with E-state index in [1.807, 2.05) is 43.3 Å². The van der Waals surface area contributed by atoms with E-state index in [1.54, 1.807) is 0 Å². The summed E-state index contributed by atoms with van der Waals surface area (Å²) < 4.78 is 6.38. The molecule has 0 spiro atoms. The van der Waals surface area contributed by atoms with E-state index in [4.69, 9.17) is 21.3 Å². The molecule has 0 bridgehead atoms. The molecule has 0 N–H and O–H groups in total. The number of halogens is 2. The van der Waals surface area contributed by atoms with Crippen LogP contribution >= 0.6 is 39.3 Å². The highest BCUT2D eigenvalue weighted by molar-refractivity contribution is 9.10. The van der Waals surface area contributed by atoms with Gasteiger partial charge >= 0.3 is 5.97 Å². The second-order valence-corrected chi connectivity index (χ2v) is 10.4. The molecule has 2 aromatic carbocycles. The molecule has 0 aliphatic carbocycles. The molecule has 2 heterocycles. The van der Waals surface area contributed by atoms with E-state index in [9.17, 15) is 4.79 Å². The molecule has 2 aliphatic heterocycles. The lowest BCUT2D eigenvalue weighted by molar-refractivity contribution is -0.137. The smallest absolute Gasteiger partial charge is 0.346 e. The van der Waals surface area contributed by atoms with Gasteiger partial charge in [0.2, 0.25) is 0 Å². The number of fused-ring (bicyclic) bond motifs is 1. The maximum Gasteiger partial charge on any atom is 0.346 e. The van der Waals surface area contributed by atoms with Gasteiger partial charge < -0.3 is 9.64 Å². The average Bonchev–Trinajstić information content (AvgIpc) is 3.22. The highest BCUT2D eigenvalue weighted by atomic mass is 79.9. The number of allylic oxidation sites excluding steroid dienone is 1. The van der Waals surface area contributed by atoms with Gasteiger partial charge in [-0.25, -0.2) is 9.79 Å². The number of esters is 1. The quantitative estimate of drug-likeness (QED) is 0.403. The molecule has 0 saturated heterocycles. The molecule has 2 unspecified atom stereocenters. The van der Waals surface area contributed by atoms with E-state index in [1.165, 1.54) is 11.8 Å². The Kier molecular flexibility index (Phi) is 6.25. The van der Waals surface area contributed by atoms with Gasteiger partial charge in [-0.05, 0) is 66.9 Å². The van der Waals surface area contributed by atoms with Crippen LogP contribution in [0.25, 0.3) is 0 Å². The van der Waals surface area contributed by atoms with Crippen molar-refractivity contribution in [2.24, 2.45) is 10.9 Å². The van der Waals surface area contributed by atoms with E-state index in [2.05, 4.69) is 53.7 Å². The number of benzene rings is 2. The number of carbonyl (C=O) groups excluding carboxylic acids is 1. The van der Waals surface area contributed by atoms with Crippen molar-refractivity contribution in [3.8, 4) is 0 Å². The largest absolute Gasteiger partial charge is 0.462 e. The second-order valence-electron chi connectivity index (χ2n) is 8.06. The Bertz CT molecular complexity index is 1070. The third-order valence-corrected chi connectivity index (χ3v) is 7.46. The van der Waals surface area contributed by atoms with Crippen molar-refractivity contribution >= 4 is 50.4 Å². The van der Waals surface area contributed by atoms with E-state index in [0.29, 0.717) is 16.5 Å².